The Morgan fingerprint density at radius 3 is 2.44 bits per heavy atom. The molecule has 0 radical (unpaired) electrons. The van der Waals surface area contributed by atoms with Crippen LogP contribution in [0.25, 0.3) is 0 Å². The molecule has 8 heteroatoms. The van der Waals surface area contributed by atoms with Gasteiger partial charge >= 0.3 is 5.97 Å². The van der Waals surface area contributed by atoms with Crippen molar-refractivity contribution in [2.24, 2.45) is 0 Å². The number of pyridine rings is 1. The molecule has 1 aromatic heterocycles. The number of anilines is 1. The van der Waals surface area contributed by atoms with Crippen LogP contribution in [0.4, 0.5) is 5.69 Å². The summed E-state index contributed by atoms with van der Waals surface area (Å²) in [5.41, 5.74) is 2.06. The van der Waals surface area contributed by atoms with Crippen LogP contribution in [0.3, 0.4) is 0 Å². The first-order valence-electron chi connectivity index (χ1n) is 10.1. The smallest absolute Gasteiger partial charge is 0.335 e. The number of hydrogen-bond donors (Lipinski definition) is 1. The van der Waals surface area contributed by atoms with Gasteiger partial charge in [-0.1, -0.05) is 6.07 Å². The Hall–Kier alpha value is -4.38. The minimum atomic E-state index is -1.02. The van der Waals surface area contributed by atoms with E-state index in [9.17, 15) is 9.59 Å². The number of aromatic nitrogens is 1. The van der Waals surface area contributed by atoms with Crippen LogP contribution in [-0.4, -0.2) is 53.0 Å². The van der Waals surface area contributed by atoms with Gasteiger partial charge in [0.25, 0.3) is 5.91 Å². The van der Waals surface area contributed by atoms with E-state index in [1.807, 2.05) is 18.2 Å². The third kappa shape index (κ3) is 4.52. The predicted octanol–water partition coefficient (Wildman–Crippen LogP) is 3.41. The van der Waals surface area contributed by atoms with Gasteiger partial charge in [0, 0.05) is 38.1 Å². The molecular weight excluding hydrogens is 408 g/mol. The van der Waals surface area contributed by atoms with Crippen molar-refractivity contribution in [2.75, 3.05) is 31.1 Å². The van der Waals surface area contributed by atoms with Gasteiger partial charge in [-0.25, -0.2) is 9.78 Å². The Kier molecular flexibility index (Phi) is 5.99. The summed E-state index contributed by atoms with van der Waals surface area (Å²) in [4.78, 5) is 32.3. The van der Waals surface area contributed by atoms with Gasteiger partial charge in [-0.15, -0.1) is 0 Å². The summed E-state index contributed by atoms with van der Waals surface area (Å²) < 4.78 is 5.78. The van der Waals surface area contributed by atoms with Crippen LogP contribution in [0.2, 0.25) is 0 Å². The number of carboxylic acids is 1. The molecule has 160 valence electrons. The third-order valence-electron chi connectivity index (χ3n) is 5.22. The maximum absolute atomic E-state index is 13.2. The minimum absolute atomic E-state index is 0.146. The molecule has 0 aliphatic carbocycles. The molecule has 32 heavy (non-hydrogen) atoms. The van der Waals surface area contributed by atoms with Gasteiger partial charge in [0.05, 0.1) is 17.2 Å². The molecule has 0 saturated carbocycles. The summed E-state index contributed by atoms with van der Waals surface area (Å²) in [7, 11) is 0. The first-order valence-corrected chi connectivity index (χ1v) is 10.1. The zero-order chi connectivity index (χ0) is 22.5. The molecule has 2 aromatic carbocycles. The van der Waals surface area contributed by atoms with E-state index >= 15 is 0 Å². The number of carbonyl (C=O) groups is 2. The number of piperazine rings is 1. The molecule has 4 rings (SSSR count). The van der Waals surface area contributed by atoms with Crippen molar-refractivity contribution >= 4 is 17.6 Å². The molecule has 2 heterocycles. The zero-order valence-electron chi connectivity index (χ0n) is 17.1. The van der Waals surface area contributed by atoms with Gasteiger partial charge < -0.3 is 19.6 Å². The Bertz CT molecular complexity index is 1180. The van der Waals surface area contributed by atoms with E-state index in [0.29, 0.717) is 43.1 Å². The number of nitriles is 1. The van der Waals surface area contributed by atoms with E-state index in [1.165, 1.54) is 30.5 Å². The number of amides is 1. The first-order chi connectivity index (χ1) is 15.5. The molecule has 3 aromatic rings. The highest BCUT2D eigenvalue weighted by molar-refractivity contribution is 5.96. The number of rotatable bonds is 5. The molecule has 1 aliphatic rings. The fourth-order valence-corrected chi connectivity index (χ4v) is 3.52. The molecule has 0 atom stereocenters. The lowest BCUT2D eigenvalue weighted by Crippen LogP contribution is -2.48. The van der Waals surface area contributed by atoms with Crippen LogP contribution in [-0.2, 0) is 0 Å². The first kappa shape index (κ1) is 20.9. The van der Waals surface area contributed by atoms with E-state index in [2.05, 4.69) is 16.0 Å². The SMILES string of the molecule is N#Cc1cccc(N2CCN(C(=O)c3cccnc3Oc3ccc(C(=O)O)cc3)CC2)c1. The molecule has 1 amide bonds. The molecule has 1 saturated heterocycles. The molecule has 0 unspecified atom stereocenters. The van der Waals surface area contributed by atoms with Gasteiger partial charge in [-0.3, -0.25) is 4.79 Å². The summed E-state index contributed by atoms with van der Waals surface area (Å²) in [6, 6.07) is 18.8. The molecule has 1 fully saturated rings. The van der Waals surface area contributed by atoms with E-state index in [0.717, 1.165) is 5.69 Å². The second-order valence-corrected chi connectivity index (χ2v) is 7.23. The fourth-order valence-electron chi connectivity index (χ4n) is 3.52. The Balaban J connectivity index is 1.45. The largest absolute Gasteiger partial charge is 0.478 e. The number of nitrogens with zero attached hydrogens (tertiary/aromatic N) is 4. The fraction of sp³-hybridized carbons (Fsp3) is 0.167. The molecule has 1 N–H and O–H groups in total. The number of benzene rings is 2. The average Bonchev–Trinajstić information content (AvgIpc) is 2.84. The lowest BCUT2D eigenvalue weighted by molar-refractivity contribution is 0.0695. The highest BCUT2D eigenvalue weighted by Crippen LogP contribution is 2.25. The van der Waals surface area contributed by atoms with Crippen LogP contribution >= 0.6 is 0 Å². The zero-order valence-corrected chi connectivity index (χ0v) is 17.1. The van der Waals surface area contributed by atoms with Crippen LogP contribution in [0.15, 0.2) is 66.9 Å². The molecule has 0 bridgehead atoms. The van der Waals surface area contributed by atoms with Crippen LogP contribution < -0.4 is 9.64 Å². The van der Waals surface area contributed by atoms with Gasteiger partial charge in [0.15, 0.2) is 0 Å². The Morgan fingerprint density at radius 1 is 1.00 bits per heavy atom. The lowest BCUT2D eigenvalue weighted by atomic mass is 10.1. The summed E-state index contributed by atoms with van der Waals surface area (Å²) in [6.45, 7) is 2.34. The summed E-state index contributed by atoms with van der Waals surface area (Å²) in [5, 5.41) is 18.1. The van der Waals surface area contributed by atoms with E-state index in [1.54, 1.807) is 23.1 Å². The van der Waals surface area contributed by atoms with Crippen LogP contribution in [0, 0.1) is 11.3 Å². The minimum Gasteiger partial charge on any atom is -0.478 e. The molecule has 0 spiro atoms. The van der Waals surface area contributed by atoms with Crippen molar-refractivity contribution in [2.45, 2.75) is 0 Å². The van der Waals surface area contributed by atoms with Crippen molar-refractivity contribution < 1.29 is 19.4 Å². The number of aromatic carboxylic acids is 1. The normalized spacial score (nSPS) is 13.3. The second-order valence-electron chi connectivity index (χ2n) is 7.23. The third-order valence-corrected chi connectivity index (χ3v) is 5.22. The predicted molar refractivity (Wildman–Crippen MR) is 117 cm³/mol. The maximum Gasteiger partial charge on any atom is 0.335 e. The number of hydrogen-bond acceptors (Lipinski definition) is 6. The standard InChI is InChI=1S/C24H20N4O4/c25-16-17-3-1-4-19(15-17)27-11-13-28(14-12-27)23(29)21-5-2-10-26-22(21)32-20-8-6-18(7-9-20)24(30)31/h1-10,15H,11-14H2,(H,30,31). The van der Waals surface area contributed by atoms with Gasteiger partial charge in [0.2, 0.25) is 5.88 Å². The summed E-state index contributed by atoms with van der Waals surface area (Å²) in [5.74, 6) is -0.640. The average molecular weight is 428 g/mol. The molecule has 8 nitrogen and oxygen atoms in total. The molecular formula is C24H20N4O4. The lowest BCUT2D eigenvalue weighted by Gasteiger charge is -2.36. The Labute approximate surface area is 184 Å². The van der Waals surface area contributed by atoms with Crippen molar-refractivity contribution in [3.8, 4) is 17.7 Å². The summed E-state index contributed by atoms with van der Waals surface area (Å²) in [6.07, 6.45) is 1.54. The van der Waals surface area contributed by atoms with Crippen LogP contribution in [0.1, 0.15) is 26.3 Å². The molecule has 1 aliphatic heterocycles. The second kappa shape index (κ2) is 9.18. The van der Waals surface area contributed by atoms with Gasteiger partial charge in [0.1, 0.15) is 11.3 Å². The van der Waals surface area contributed by atoms with Crippen molar-refractivity contribution in [1.29, 1.82) is 5.26 Å². The quantitative estimate of drug-likeness (QED) is 0.664. The van der Waals surface area contributed by atoms with E-state index in [4.69, 9.17) is 15.1 Å². The highest BCUT2D eigenvalue weighted by Gasteiger charge is 2.25. The van der Waals surface area contributed by atoms with Crippen molar-refractivity contribution in [1.82, 2.24) is 9.88 Å². The van der Waals surface area contributed by atoms with Crippen molar-refractivity contribution in [3.05, 3.63) is 83.6 Å². The van der Waals surface area contributed by atoms with Crippen LogP contribution in [0.5, 0.6) is 11.6 Å². The van der Waals surface area contributed by atoms with E-state index in [-0.39, 0.29) is 17.4 Å². The highest BCUT2D eigenvalue weighted by atomic mass is 16.5. The monoisotopic (exact) mass is 428 g/mol. The van der Waals surface area contributed by atoms with Crippen molar-refractivity contribution in [3.63, 3.8) is 0 Å². The number of carbonyl (C=O) groups excluding carboxylic acids is 1. The maximum atomic E-state index is 13.2. The Morgan fingerprint density at radius 2 is 1.75 bits per heavy atom. The topological polar surface area (TPSA) is 107 Å². The van der Waals surface area contributed by atoms with E-state index < -0.39 is 5.97 Å². The summed E-state index contributed by atoms with van der Waals surface area (Å²) >= 11 is 0. The van der Waals surface area contributed by atoms with Gasteiger partial charge in [-0.05, 0) is 54.6 Å². The van der Waals surface area contributed by atoms with Gasteiger partial charge in [-0.2, -0.15) is 5.26 Å². The number of carboxylic acid groups (broad SMARTS) is 1. The number of ether oxygens (including phenoxy) is 1.